The van der Waals surface area contributed by atoms with Gasteiger partial charge in [-0.05, 0) is 63.2 Å². The topological polar surface area (TPSA) is 237 Å². The fourth-order valence-corrected chi connectivity index (χ4v) is 14.7. The van der Waals surface area contributed by atoms with Crippen molar-refractivity contribution in [1.82, 2.24) is 0 Å². The molecule has 0 aliphatic heterocycles. The zero-order chi connectivity index (χ0) is 78.5. The highest BCUT2D eigenvalue weighted by atomic mass is 31.2. The molecule has 0 saturated heterocycles. The minimum atomic E-state index is -4.97. The van der Waals surface area contributed by atoms with E-state index in [1.165, 1.54) is 250 Å². The van der Waals surface area contributed by atoms with Crippen LogP contribution >= 0.6 is 15.6 Å². The molecule has 0 fully saturated rings. The number of carbonyl (C=O) groups excluding carboxylic acids is 4. The second-order valence-corrected chi connectivity index (χ2v) is 34.3. The lowest BCUT2D eigenvalue weighted by Gasteiger charge is -2.21. The van der Waals surface area contributed by atoms with Crippen molar-refractivity contribution in [2.24, 2.45) is 11.8 Å². The lowest BCUT2D eigenvalue weighted by Crippen LogP contribution is -2.30. The molecule has 0 aromatic heterocycles. The van der Waals surface area contributed by atoms with Crippen LogP contribution in [0.5, 0.6) is 0 Å². The number of hydrogen-bond donors (Lipinski definition) is 3. The molecule has 19 heteroatoms. The van der Waals surface area contributed by atoms with Crippen molar-refractivity contribution in [3.8, 4) is 0 Å². The number of phosphoric acid groups is 2. The molecule has 0 amide bonds. The highest BCUT2D eigenvalue weighted by molar-refractivity contribution is 7.47. The molecule has 0 heterocycles. The Bertz CT molecular complexity index is 2140. The Labute approximate surface area is 656 Å². The summed E-state index contributed by atoms with van der Waals surface area (Å²) in [6.07, 6.45) is 74.3. The molecule has 0 aromatic carbocycles. The van der Waals surface area contributed by atoms with Gasteiger partial charge in [-0.3, -0.25) is 37.3 Å². The van der Waals surface area contributed by atoms with Crippen LogP contribution in [-0.4, -0.2) is 96.7 Å². The molecule has 107 heavy (non-hydrogen) atoms. The quantitative estimate of drug-likeness (QED) is 0.0169. The predicted octanol–water partition coefficient (Wildman–Crippen LogP) is 26.6. The number of allylic oxidation sites excluding steroid dienone is 4. The molecule has 0 aromatic rings. The molecule has 0 bridgehead atoms. The second kappa shape index (κ2) is 78.8. The van der Waals surface area contributed by atoms with Gasteiger partial charge in [-0.1, -0.05) is 393 Å². The first-order valence-electron chi connectivity index (χ1n) is 44.9. The Morgan fingerprint density at radius 3 is 0.794 bits per heavy atom. The molecule has 0 rings (SSSR count). The Balaban J connectivity index is 5.28. The van der Waals surface area contributed by atoms with Crippen LogP contribution < -0.4 is 0 Å². The molecule has 632 valence electrons. The van der Waals surface area contributed by atoms with E-state index < -0.39 is 97.5 Å². The van der Waals surface area contributed by atoms with Crippen LogP contribution in [0.25, 0.3) is 0 Å². The third kappa shape index (κ3) is 78.6. The molecule has 0 saturated carbocycles. The zero-order valence-electron chi connectivity index (χ0n) is 69.9. The lowest BCUT2D eigenvalue weighted by molar-refractivity contribution is -0.161. The Morgan fingerprint density at radius 2 is 0.523 bits per heavy atom. The first-order chi connectivity index (χ1) is 51.9. The number of aliphatic hydroxyl groups is 1. The van der Waals surface area contributed by atoms with Crippen molar-refractivity contribution in [2.45, 2.75) is 464 Å². The van der Waals surface area contributed by atoms with Gasteiger partial charge in [0.1, 0.15) is 19.3 Å². The summed E-state index contributed by atoms with van der Waals surface area (Å²) in [5, 5.41) is 10.7. The average Bonchev–Trinajstić information content (AvgIpc) is 0.906. The number of carbonyl (C=O) groups is 4. The van der Waals surface area contributed by atoms with Gasteiger partial charge in [-0.25, -0.2) is 9.13 Å². The zero-order valence-corrected chi connectivity index (χ0v) is 71.7. The van der Waals surface area contributed by atoms with E-state index in [1.807, 2.05) is 0 Å². The maximum absolute atomic E-state index is 13.2. The van der Waals surface area contributed by atoms with Crippen molar-refractivity contribution in [3.05, 3.63) is 24.3 Å². The Hall–Kier alpha value is -2.46. The number of esters is 4. The molecule has 17 nitrogen and oxygen atoms in total. The largest absolute Gasteiger partial charge is 0.472 e. The highest BCUT2D eigenvalue weighted by Gasteiger charge is 2.30. The molecular weight excluding hydrogens is 1390 g/mol. The van der Waals surface area contributed by atoms with E-state index in [-0.39, 0.29) is 25.7 Å². The number of unbranched alkanes of at least 4 members (excludes halogenated alkanes) is 50. The van der Waals surface area contributed by atoms with E-state index in [0.29, 0.717) is 25.7 Å². The molecule has 7 atom stereocenters. The molecular formula is C88H168O17P2. The highest BCUT2D eigenvalue weighted by Crippen LogP contribution is 2.45. The van der Waals surface area contributed by atoms with Gasteiger partial charge in [-0.2, -0.15) is 0 Å². The minimum absolute atomic E-state index is 0.0849. The van der Waals surface area contributed by atoms with E-state index >= 15 is 0 Å². The molecule has 0 spiro atoms. The first-order valence-corrected chi connectivity index (χ1v) is 47.9. The van der Waals surface area contributed by atoms with Crippen molar-refractivity contribution in [2.75, 3.05) is 39.6 Å². The van der Waals surface area contributed by atoms with Crippen LogP contribution in [0.4, 0.5) is 0 Å². The summed E-state index contributed by atoms with van der Waals surface area (Å²) in [6, 6.07) is 0. The molecule has 0 aliphatic rings. The SMILES string of the molecule is CCCCCC/C=C\C=C/CCCCCCCC(=O)O[C@H](COC(=O)CCCCCCCCCCC(C)CC)COP(=O)(O)OC[C@H](O)COP(=O)(O)OC[C@@H](COC(=O)CCCCCCCCCCCCCCCCCCCC)OC(=O)CCCCCCCCCCCCCCCCCCCCC(C)CC. The minimum Gasteiger partial charge on any atom is -0.462 e. The van der Waals surface area contributed by atoms with Crippen LogP contribution in [0.2, 0.25) is 0 Å². The van der Waals surface area contributed by atoms with Crippen molar-refractivity contribution in [1.29, 1.82) is 0 Å². The van der Waals surface area contributed by atoms with Gasteiger partial charge in [-0.15, -0.1) is 0 Å². The molecule has 4 unspecified atom stereocenters. The summed E-state index contributed by atoms with van der Waals surface area (Å²) in [5.41, 5.74) is 0. The first kappa shape index (κ1) is 105. The summed E-state index contributed by atoms with van der Waals surface area (Å²) in [5.74, 6) is -0.486. The second-order valence-electron chi connectivity index (χ2n) is 31.4. The van der Waals surface area contributed by atoms with Crippen LogP contribution in [0, 0.1) is 11.8 Å². The third-order valence-corrected chi connectivity index (χ3v) is 22.7. The van der Waals surface area contributed by atoms with Gasteiger partial charge in [0.05, 0.1) is 26.4 Å². The molecule has 0 radical (unpaired) electrons. The molecule has 3 N–H and O–H groups in total. The van der Waals surface area contributed by atoms with Crippen molar-refractivity contribution < 1.29 is 80.2 Å². The fourth-order valence-electron chi connectivity index (χ4n) is 13.2. The van der Waals surface area contributed by atoms with Gasteiger partial charge in [0.15, 0.2) is 12.2 Å². The monoisotopic (exact) mass is 1560 g/mol. The molecule has 0 aliphatic carbocycles. The lowest BCUT2D eigenvalue weighted by atomic mass is 9.99. The van der Waals surface area contributed by atoms with E-state index in [9.17, 15) is 43.2 Å². The van der Waals surface area contributed by atoms with Crippen LogP contribution in [0.15, 0.2) is 24.3 Å². The van der Waals surface area contributed by atoms with E-state index in [2.05, 4.69) is 65.8 Å². The normalized spacial score (nSPS) is 14.4. The van der Waals surface area contributed by atoms with E-state index in [4.69, 9.17) is 37.0 Å². The number of ether oxygens (including phenoxy) is 4. The average molecular weight is 1560 g/mol. The number of hydrogen-bond acceptors (Lipinski definition) is 15. The summed E-state index contributed by atoms with van der Waals surface area (Å²) in [7, 11) is -9.94. The number of aliphatic hydroxyl groups excluding tert-OH is 1. The van der Waals surface area contributed by atoms with Gasteiger partial charge in [0, 0.05) is 25.7 Å². The Kier molecular flexibility index (Phi) is 77.0. The van der Waals surface area contributed by atoms with Gasteiger partial charge in [0.25, 0.3) is 0 Å². The number of phosphoric ester groups is 2. The van der Waals surface area contributed by atoms with Crippen LogP contribution in [-0.2, 0) is 65.4 Å². The standard InChI is InChI=1S/C88H168O17P2/c1-7-11-13-15-17-19-21-23-25-26-30-34-37-41-45-52-58-64-70-85(90)98-76-83(104-87(92)73-67-61-55-47-43-39-35-31-28-27-29-33-36-40-44-50-56-62-68-80(5)9-3)78-102-106(94,95)100-74-82(89)75-101-107(96,97)103-79-84(77-99-86(91)71-65-59-53-49-48-51-57-63-69-81(6)10-4)105-88(93)72-66-60-54-46-42-38-32-24-22-20-18-16-14-12-8-2/h20,22,24,32,80-84,89H,7-19,21,23,25-31,33-79H2,1-6H3,(H,94,95)(H,96,97)/b22-20-,32-24-/t80?,81?,82-,83-,84-/m1/s1. The predicted molar refractivity (Wildman–Crippen MR) is 441 cm³/mol. The summed E-state index contributed by atoms with van der Waals surface area (Å²) >= 11 is 0. The van der Waals surface area contributed by atoms with E-state index in [1.54, 1.807) is 0 Å². The van der Waals surface area contributed by atoms with Crippen LogP contribution in [0.1, 0.15) is 446 Å². The maximum atomic E-state index is 13.2. The van der Waals surface area contributed by atoms with Gasteiger partial charge < -0.3 is 33.8 Å². The third-order valence-electron chi connectivity index (χ3n) is 20.8. The van der Waals surface area contributed by atoms with Gasteiger partial charge >= 0.3 is 39.5 Å². The van der Waals surface area contributed by atoms with Crippen molar-refractivity contribution >= 4 is 39.5 Å². The summed E-state index contributed by atoms with van der Waals surface area (Å²) in [4.78, 5) is 73.3. The number of rotatable bonds is 85. The van der Waals surface area contributed by atoms with Crippen molar-refractivity contribution in [3.63, 3.8) is 0 Å². The van der Waals surface area contributed by atoms with Gasteiger partial charge in [0.2, 0.25) is 0 Å². The summed E-state index contributed by atoms with van der Waals surface area (Å²) in [6.45, 7) is 9.68. The Morgan fingerprint density at radius 1 is 0.299 bits per heavy atom. The smallest absolute Gasteiger partial charge is 0.462 e. The van der Waals surface area contributed by atoms with Crippen LogP contribution in [0.3, 0.4) is 0 Å². The fraction of sp³-hybridized carbons (Fsp3) is 0.909. The maximum Gasteiger partial charge on any atom is 0.472 e. The van der Waals surface area contributed by atoms with E-state index in [0.717, 1.165) is 115 Å². The summed E-state index contributed by atoms with van der Waals surface area (Å²) < 4.78 is 68.9.